The second-order valence-electron chi connectivity index (χ2n) is 8.48. The zero-order valence-electron chi connectivity index (χ0n) is 17.9. The van der Waals surface area contributed by atoms with Gasteiger partial charge in [0.25, 0.3) is 0 Å². The summed E-state index contributed by atoms with van der Waals surface area (Å²) in [6, 6.07) is 11.2. The second kappa shape index (κ2) is 9.96. The van der Waals surface area contributed by atoms with E-state index in [1.165, 1.54) is 30.4 Å². The fourth-order valence-electron chi connectivity index (χ4n) is 5.05. The molecule has 2 aliphatic rings. The van der Waals surface area contributed by atoms with E-state index in [1.54, 1.807) is 4.90 Å². The van der Waals surface area contributed by atoms with Crippen molar-refractivity contribution >= 4 is 46.2 Å². The molecule has 0 radical (unpaired) electrons. The van der Waals surface area contributed by atoms with Crippen molar-refractivity contribution in [1.29, 1.82) is 0 Å². The van der Waals surface area contributed by atoms with Crippen LogP contribution < -0.4 is 0 Å². The Bertz CT molecular complexity index is 1050. The van der Waals surface area contributed by atoms with Crippen LogP contribution in [0, 0.1) is 0 Å². The highest BCUT2D eigenvalue weighted by molar-refractivity contribution is 14.1. The van der Waals surface area contributed by atoms with E-state index in [9.17, 15) is 18.0 Å². The summed E-state index contributed by atoms with van der Waals surface area (Å²) < 4.78 is 46.6. The minimum atomic E-state index is -4.47. The molecule has 33 heavy (non-hydrogen) atoms. The molecule has 1 saturated heterocycles. The van der Waals surface area contributed by atoms with Crippen LogP contribution in [0.2, 0.25) is 5.02 Å². The van der Waals surface area contributed by atoms with Gasteiger partial charge in [0.15, 0.2) is 0 Å². The Balaban J connectivity index is 1.48. The SMILES string of the molecule is O=C(/C=C/c1ccccc1C(F)(F)F)N1CCC2(CC1)CC(OCCI)c1cccc(Cl)c12. The molecule has 0 N–H and O–H groups in total. The van der Waals surface area contributed by atoms with Gasteiger partial charge in [0.1, 0.15) is 0 Å². The molecule has 1 aliphatic heterocycles. The van der Waals surface area contributed by atoms with Gasteiger partial charge in [0, 0.05) is 34.0 Å². The highest BCUT2D eigenvalue weighted by Gasteiger charge is 2.47. The number of rotatable bonds is 5. The van der Waals surface area contributed by atoms with Crippen LogP contribution in [-0.4, -0.2) is 34.9 Å². The lowest BCUT2D eigenvalue weighted by Gasteiger charge is -2.40. The fourth-order valence-corrected chi connectivity index (χ4v) is 5.68. The minimum Gasteiger partial charge on any atom is -0.373 e. The summed E-state index contributed by atoms with van der Waals surface area (Å²) in [5.41, 5.74) is 1.36. The molecule has 0 aromatic heterocycles. The topological polar surface area (TPSA) is 29.5 Å². The molecule has 176 valence electrons. The van der Waals surface area contributed by atoms with Gasteiger partial charge in [0.2, 0.25) is 5.91 Å². The molecule has 1 amide bonds. The van der Waals surface area contributed by atoms with Crippen LogP contribution in [-0.2, 0) is 21.1 Å². The summed E-state index contributed by atoms with van der Waals surface area (Å²) in [6.07, 6.45) is 0.343. The molecule has 1 spiro atoms. The van der Waals surface area contributed by atoms with E-state index in [1.807, 2.05) is 12.1 Å². The average Bonchev–Trinajstić information content (AvgIpc) is 3.10. The van der Waals surface area contributed by atoms with Gasteiger partial charge >= 0.3 is 6.18 Å². The molecular formula is C25H24ClF3INO2. The van der Waals surface area contributed by atoms with Crippen LogP contribution in [0.4, 0.5) is 13.2 Å². The summed E-state index contributed by atoms with van der Waals surface area (Å²) in [7, 11) is 0. The quantitative estimate of drug-likeness (QED) is 0.217. The van der Waals surface area contributed by atoms with Gasteiger partial charge in [-0.05, 0) is 54.2 Å². The third kappa shape index (κ3) is 5.10. The van der Waals surface area contributed by atoms with Crippen molar-refractivity contribution in [3.63, 3.8) is 0 Å². The van der Waals surface area contributed by atoms with Crippen molar-refractivity contribution in [3.05, 3.63) is 75.8 Å². The number of carbonyl (C=O) groups excluding carboxylic acids is 1. The zero-order chi connectivity index (χ0) is 23.6. The summed E-state index contributed by atoms with van der Waals surface area (Å²) in [6.45, 7) is 1.71. The fraction of sp³-hybridized carbons (Fsp3) is 0.400. The third-order valence-electron chi connectivity index (χ3n) is 6.60. The Morgan fingerprint density at radius 3 is 2.61 bits per heavy atom. The van der Waals surface area contributed by atoms with E-state index in [0.29, 0.717) is 19.7 Å². The molecule has 1 aliphatic carbocycles. The molecule has 8 heteroatoms. The van der Waals surface area contributed by atoms with Crippen LogP contribution >= 0.6 is 34.2 Å². The minimum absolute atomic E-state index is 0.00511. The molecule has 1 unspecified atom stereocenters. The van der Waals surface area contributed by atoms with Gasteiger partial charge in [-0.1, -0.05) is 64.5 Å². The summed E-state index contributed by atoms with van der Waals surface area (Å²) in [4.78, 5) is 14.5. The monoisotopic (exact) mass is 589 g/mol. The van der Waals surface area contributed by atoms with Gasteiger partial charge in [-0.15, -0.1) is 0 Å². The Morgan fingerprint density at radius 1 is 1.18 bits per heavy atom. The first-order valence-electron chi connectivity index (χ1n) is 10.8. The molecule has 0 saturated carbocycles. The Kier molecular flexibility index (Phi) is 7.41. The number of fused-ring (bicyclic) bond motifs is 2. The van der Waals surface area contributed by atoms with E-state index >= 15 is 0 Å². The van der Waals surface area contributed by atoms with Gasteiger partial charge < -0.3 is 9.64 Å². The van der Waals surface area contributed by atoms with E-state index < -0.39 is 11.7 Å². The van der Waals surface area contributed by atoms with Crippen molar-refractivity contribution in [3.8, 4) is 0 Å². The van der Waals surface area contributed by atoms with E-state index in [-0.39, 0.29) is 23.0 Å². The molecule has 1 heterocycles. The molecule has 2 aromatic rings. The highest BCUT2D eigenvalue weighted by Crippen LogP contribution is 2.54. The summed E-state index contributed by atoms with van der Waals surface area (Å²) in [5, 5.41) is 0.733. The van der Waals surface area contributed by atoms with Gasteiger partial charge in [-0.25, -0.2) is 0 Å². The lowest BCUT2D eigenvalue weighted by molar-refractivity contribution is -0.137. The van der Waals surface area contributed by atoms with Crippen molar-refractivity contribution in [2.24, 2.45) is 0 Å². The number of benzene rings is 2. The summed E-state index contributed by atoms with van der Waals surface area (Å²) >= 11 is 8.91. The van der Waals surface area contributed by atoms with Crippen molar-refractivity contribution in [2.75, 3.05) is 24.1 Å². The molecule has 1 fully saturated rings. The lowest BCUT2D eigenvalue weighted by Crippen LogP contribution is -2.44. The van der Waals surface area contributed by atoms with E-state index in [4.69, 9.17) is 16.3 Å². The van der Waals surface area contributed by atoms with Crippen LogP contribution in [0.1, 0.15) is 47.6 Å². The maximum Gasteiger partial charge on any atom is 0.416 e. The number of ether oxygens (including phenoxy) is 1. The molecule has 0 bridgehead atoms. The largest absolute Gasteiger partial charge is 0.416 e. The van der Waals surface area contributed by atoms with Gasteiger partial charge in [-0.2, -0.15) is 13.2 Å². The average molecular weight is 590 g/mol. The number of halogens is 5. The first kappa shape index (κ1) is 24.5. The Hall–Kier alpha value is -1.58. The maximum atomic E-state index is 13.2. The number of nitrogens with zero attached hydrogens (tertiary/aromatic N) is 1. The van der Waals surface area contributed by atoms with Crippen LogP contribution in [0.5, 0.6) is 0 Å². The first-order valence-corrected chi connectivity index (χ1v) is 12.8. The predicted octanol–water partition coefficient (Wildman–Crippen LogP) is 6.83. The number of likely N-dealkylation sites (tertiary alicyclic amines) is 1. The number of carbonyl (C=O) groups is 1. The number of piperidine rings is 1. The predicted molar refractivity (Wildman–Crippen MR) is 132 cm³/mol. The molecule has 2 aromatic carbocycles. The molecular weight excluding hydrogens is 566 g/mol. The van der Waals surface area contributed by atoms with E-state index in [0.717, 1.165) is 45.9 Å². The number of hydrogen-bond acceptors (Lipinski definition) is 2. The first-order chi connectivity index (χ1) is 15.7. The molecule has 1 atom stereocenters. The number of hydrogen-bond donors (Lipinski definition) is 0. The number of alkyl halides is 4. The zero-order valence-corrected chi connectivity index (χ0v) is 20.8. The maximum absolute atomic E-state index is 13.2. The van der Waals surface area contributed by atoms with Gasteiger partial charge in [-0.3, -0.25) is 4.79 Å². The molecule has 4 rings (SSSR count). The van der Waals surface area contributed by atoms with Crippen molar-refractivity contribution < 1.29 is 22.7 Å². The highest BCUT2D eigenvalue weighted by atomic mass is 127. The van der Waals surface area contributed by atoms with E-state index in [2.05, 4.69) is 28.7 Å². The second-order valence-corrected chi connectivity index (χ2v) is 9.97. The summed E-state index contributed by atoms with van der Waals surface area (Å²) in [5.74, 6) is -0.281. The van der Waals surface area contributed by atoms with Crippen LogP contribution in [0.3, 0.4) is 0 Å². The third-order valence-corrected chi connectivity index (χ3v) is 7.35. The Labute approximate surface area is 210 Å². The number of amides is 1. The van der Waals surface area contributed by atoms with Crippen LogP contribution in [0.25, 0.3) is 6.08 Å². The van der Waals surface area contributed by atoms with Crippen LogP contribution in [0.15, 0.2) is 48.5 Å². The lowest BCUT2D eigenvalue weighted by atomic mass is 9.73. The van der Waals surface area contributed by atoms with Crippen molar-refractivity contribution in [1.82, 2.24) is 4.90 Å². The van der Waals surface area contributed by atoms with Crippen molar-refractivity contribution in [2.45, 2.75) is 37.0 Å². The standard InChI is InChI=1S/C25H24ClF3INO2/c26-20-7-3-5-18-21(33-15-12-30)16-24(23(18)20)10-13-31(14-11-24)22(32)9-8-17-4-1-2-6-19(17)25(27,28)29/h1-9,21H,10-16H2/b9-8+. The molecule has 3 nitrogen and oxygen atoms in total. The normalized spacial score (nSPS) is 19.9. The smallest absolute Gasteiger partial charge is 0.373 e. The van der Waals surface area contributed by atoms with Gasteiger partial charge in [0.05, 0.1) is 18.3 Å². The Morgan fingerprint density at radius 2 is 1.91 bits per heavy atom.